The van der Waals surface area contributed by atoms with Crippen LogP contribution in [0.4, 0.5) is 5.69 Å². The third kappa shape index (κ3) is 4.70. The molecule has 2 aromatic rings. The van der Waals surface area contributed by atoms with Crippen molar-refractivity contribution in [3.8, 4) is 5.75 Å². The van der Waals surface area contributed by atoms with Gasteiger partial charge < -0.3 is 15.8 Å². The Morgan fingerprint density at radius 2 is 2.04 bits per heavy atom. The van der Waals surface area contributed by atoms with Crippen LogP contribution in [0, 0.1) is 0 Å². The maximum atomic E-state index is 12.2. The number of ether oxygens (including phenoxy) is 1. The molecular formula is C15H20N4O3S2. The summed E-state index contributed by atoms with van der Waals surface area (Å²) in [4.78, 5) is 4.15. The number of rotatable bonds is 7. The molecule has 24 heavy (non-hydrogen) atoms. The van der Waals surface area contributed by atoms with E-state index in [1.807, 2.05) is 12.1 Å². The highest BCUT2D eigenvalue weighted by atomic mass is 32.2. The van der Waals surface area contributed by atoms with Crippen molar-refractivity contribution in [3.05, 3.63) is 41.8 Å². The van der Waals surface area contributed by atoms with Gasteiger partial charge in [-0.15, -0.1) is 11.3 Å². The first-order valence-electron chi connectivity index (χ1n) is 7.14. The summed E-state index contributed by atoms with van der Waals surface area (Å²) in [5.74, 6) is 0.971. The molecule has 1 heterocycles. The van der Waals surface area contributed by atoms with E-state index in [1.165, 1.54) is 22.7 Å². The van der Waals surface area contributed by atoms with Crippen molar-refractivity contribution in [2.75, 3.05) is 32.6 Å². The number of hydrogen-bond acceptors (Lipinski definition) is 5. The van der Waals surface area contributed by atoms with Crippen molar-refractivity contribution in [3.63, 3.8) is 0 Å². The van der Waals surface area contributed by atoms with Crippen molar-refractivity contribution in [1.29, 1.82) is 0 Å². The van der Waals surface area contributed by atoms with Crippen LogP contribution in [0.5, 0.6) is 5.75 Å². The first-order valence-corrected chi connectivity index (χ1v) is 9.46. The number of guanidine groups is 1. The van der Waals surface area contributed by atoms with Gasteiger partial charge in [-0.25, -0.2) is 8.42 Å². The van der Waals surface area contributed by atoms with Gasteiger partial charge in [0.2, 0.25) is 0 Å². The van der Waals surface area contributed by atoms with Crippen molar-refractivity contribution in [2.24, 2.45) is 10.7 Å². The number of nitrogens with one attached hydrogen (secondary N) is 1. The lowest BCUT2D eigenvalue weighted by atomic mass is 10.3. The molecule has 2 rings (SSSR count). The number of aliphatic imine (C=N–C) groups is 1. The zero-order valence-electron chi connectivity index (χ0n) is 13.5. The van der Waals surface area contributed by atoms with Gasteiger partial charge >= 0.3 is 0 Å². The van der Waals surface area contributed by atoms with E-state index in [0.717, 1.165) is 11.4 Å². The quantitative estimate of drug-likeness (QED) is 0.574. The summed E-state index contributed by atoms with van der Waals surface area (Å²) in [5, 5.41) is 4.67. The van der Waals surface area contributed by atoms with Gasteiger partial charge in [0.05, 0.1) is 13.7 Å². The van der Waals surface area contributed by atoms with Crippen molar-refractivity contribution in [2.45, 2.75) is 4.21 Å². The predicted molar refractivity (Wildman–Crippen MR) is 97.2 cm³/mol. The van der Waals surface area contributed by atoms with Crippen LogP contribution in [0.1, 0.15) is 0 Å². The van der Waals surface area contributed by atoms with Gasteiger partial charge in [0.15, 0.2) is 5.96 Å². The van der Waals surface area contributed by atoms with Crippen molar-refractivity contribution in [1.82, 2.24) is 4.31 Å². The summed E-state index contributed by atoms with van der Waals surface area (Å²) in [6.07, 6.45) is 0. The Balaban J connectivity index is 1.88. The average molecular weight is 368 g/mol. The van der Waals surface area contributed by atoms with E-state index in [9.17, 15) is 8.42 Å². The van der Waals surface area contributed by atoms with Gasteiger partial charge in [-0.3, -0.25) is 4.99 Å². The molecule has 0 aliphatic carbocycles. The Kier molecular flexibility index (Phi) is 6.18. The van der Waals surface area contributed by atoms with Crippen LogP contribution >= 0.6 is 11.3 Å². The highest BCUT2D eigenvalue weighted by Gasteiger charge is 2.20. The molecule has 1 aromatic heterocycles. The summed E-state index contributed by atoms with van der Waals surface area (Å²) in [6.45, 7) is 0.501. The predicted octanol–water partition coefficient (Wildman–Crippen LogP) is 1.80. The molecule has 0 radical (unpaired) electrons. The smallest absolute Gasteiger partial charge is 0.252 e. The summed E-state index contributed by atoms with van der Waals surface area (Å²) >= 11 is 1.19. The van der Waals surface area contributed by atoms with Crippen LogP contribution in [0.2, 0.25) is 0 Å². The average Bonchev–Trinajstić information content (AvgIpc) is 3.10. The molecular weight excluding hydrogens is 348 g/mol. The summed E-state index contributed by atoms with van der Waals surface area (Å²) in [7, 11) is -0.331. The van der Waals surface area contributed by atoms with Crippen molar-refractivity contribution < 1.29 is 13.2 Å². The molecule has 0 saturated heterocycles. The van der Waals surface area contributed by atoms with Crippen LogP contribution in [0.15, 0.2) is 51.0 Å². The third-order valence-electron chi connectivity index (χ3n) is 3.22. The Bertz CT molecular complexity index is 772. The van der Waals surface area contributed by atoms with Crippen LogP contribution in [-0.2, 0) is 10.0 Å². The topological polar surface area (TPSA) is 97.0 Å². The second-order valence-corrected chi connectivity index (χ2v) is 8.10. The van der Waals surface area contributed by atoms with Gasteiger partial charge in [0.25, 0.3) is 10.0 Å². The second kappa shape index (κ2) is 8.13. The summed E-state index contributed by atoms with van der Waals surface area (Å²) in [5.41, 5.74) is 6.58. The number of hydrogen-bond donors (Lipinski definition) is 2. The molecule has 0 atom stereocenters. The number of sulfonamides is 1. The highest BCUT2D eigenvalue weighted by Crippen LogP contribution is 2.19. The summed E-state index contributed by atoms with van der Waals surface area (Å²) < 4.78 is 31.2. The Morgan fingerprint density at radius 3 is 2.62 bits per heavy atom. The Labute approximate surface area is 145 Å². The largest absolute Gasteiger partial charge is 0.497 e. The normalized spacial score (nSPS) is 12.4. The van der Waals surface area contributed by atoms with Crippen LogP contribution in [-0.4, -0.2) is 45.9 Å². The van der Waals surface area contributed by atoms with E-state index in [1.54, 1.807) is 36.8 Å². The molecule has 0 aliphatic heterocycles. The number of thiophene rings is 1. The van der Waals surface area contributed by atoms with E-state index >= 15 is 0 Å². The van der Waals surface area contributed by atoms with E-state index < -0.39 is 10.0 Å². The van der Waals surface area contributed by atoms with Gasteiger partial charge in [-0.1, -0.05) is 6.07 Å². The molecule has 0 bridgehead atoms. The monoisotopic (exact) mass is 368 g/mol. The number of anilines is 1. The van der Waals surface area contributed by atoms with E-state index in [-0.39, 0.29) is 19.0 Å². The zero-order valence-corrected chi connectivity index (χ0v) is 15.1. The van der Waals surface area contributed by atoms with Gasteiger partial charge in [-0.05, 0) is 35.7 Å². The maximum absolute atomic E-state index is 12.2. The Morgan fingerprint density at radius 1 is 1.33 bits per heavy atom. The third-order valence-corrected chi connectivity index (χ3v) is 6.45. The molecule has 0 fully saturated rings. The lowest BCUT2D eigenvalue weighted by Crippen LogP contribution is -2.30. The van der Waals surface area contributed by atoms with Crippen LogP contribution < -0.4 is 15.8 Å². The molecule has 3 N–H and O–H groups in total. The number of nitrogens with zero attached hydrogens (tertiary/aromatic N) is 2. The minimum atomic E-state index is -3.45. The molecule has 0 amide bonds. The number of benzene rings is 1. The fraction of sp³-hybridized carbons (Fsp3) is 0.267. The van der Waals surface area contributed by atoms with Crippen LogP contribution in [0.3, 0.4) is 0 Å². The first kappa shape index (κ1) is 18.2. The zero-order chi connectivity index (χ0) is 17.6. The number of nitrogens with two attached hydrogens (primary N) is 1. The fourth-order valence-corrected chi connectivity index (χ4v) is 4.22. The van der Waals surface area contributed by atoms with Gasteiger partial charge in [-0.2, -0.15) is 4.31 Å². The molecule has 0 aliphatic rings. The molecule has 0 unspecified atom stereocenters. The van der Waals surface area contributed by atoms with E-state index in [0.29, 0.717) is 4.21 Å². The molecule has 9 heteroatoms. The molecule has 0 saturated carbocycles. The maximum Gasteiger partial charge on any atom is 0.252 e. The lowest BCUT2D eigenvalue weighted by Gasteiger charge is -2.14. The molecule has 0 spiro atoms. The van der Waals surface area contributed by atoms with Gasteiger partial charge in [0, 0.05) is 19.3 Å². The minimum Gasteiger partial charge on any atom is -0.497 e. The minimum absolute atomic E-state index is 0.224. The van der Waals surface area contributed by atoms with Crippen molar-refractivity contribution >= 4 is 33.0 Å². The first-order chi connectivity index (χ1) is 11.4. The highest BCUT2D eigenvalue weighted by molar-refractivity contribution is 7.91. The molecule has 1 aromatic carbocycles. The lowest BCUT2D eigenvalue weighted by molar-refractivity contribution is 0.415. The molecule has 7 nitrogen and oxygen atoms in total. The van der Waals surface area contributed by atoms with Crippen LogP contribution in [0.25, 0.3) is 0 Å². The van der Waals surface area contributed by atoms with E-state index in [4.69, 9.17) is 10.5 Å². The summed E-state index contributed by atoms with van der Waals surface area (Å²) in [6, 6.07) is 10.5. The molecule has 130 valence electrons. The fourth-order valence-electron chi connectivity index (χ4n) is 1.86. The number of likely N-dealkylation sites (N-methyl/N-ethyl adjacent to an activating group) is 1. The standard InChI is InChI=1S/C15H20N4O3S2/c1-19(24(20,21)14-4-3-11-23-14)10-9-17-15(16)18-12-5-7-13(22-2)8-6-12/h3-8,11H,9-10H2,1-2H3,(H3,16,17,18). The van der Waals surface area contributed by atoms with Gasteiger partial charge in [0.1, 0.15) is 9.96 Å². The SMILES string of the molecule is COc1ccc(NC(N)=NCCN(C)S(=O)(=O)c2cccs2)cc1. The van der Waals surface area contributed by atoms with E-state index in [2.05, 4.69) is 10.3 Å². The Hall–Kier alpha value is -2.10. The second-order valence-electron chi connectivity index (χ2n) is 4.88. The number of methoxy groups -OCH3 is 1.